The van der Waals surface area contributed by atoms with Crippen LogP contribution in [0.3, 0.4) is 0 Å². The topological polar surface area (TPSA) is 67.2 Å². The summed E-state index contributed by atoms with van der Waals surface area (Å²) in [6, 6.07) is 9.21. The van der Waals surface area contributed by atoms with Crippen molar-refractivity contribution in [1.29, 1.82) is 0 Å². The van der Waals surface area contributed by atoms with Crippen LogP contribution >= 0.6 is 0 Å². The molecule has 1 aliphatic rings. The number of amides is 2. The molecular weight excluding hydrogens is 304 g/mol. The quantitative estimate of drug-likeness (QED) is 0.909. The first kappa shape index (κ1) is 16.2. The van der Waals surface area contributed by atoms with Gasteiger partial charge in [-0.15, -0.1) is 0 Å². The molecule has 2 heterocycles. The first-order valence-electron chi connectivity index (χ1n) is 8.19. The number of nitrogens with one attached hydrogen (secondary N) is 1. The Morgan fingerprint density at radius 2 is 2.08 bits per heavy atom. The zero-order valence-electron chi connectivity index (χ0n) is 14.0. The number of aromatic nitrogens is 2. The van der Waals surface area contributed by atoms with Gasteiger partial charge in [0.1, 0.15) is 6.04 Å². The molecule has 1 saturated heterocycles. The third-order valence-corrected chi connectivity index (χ3v) is 4.45. The maximum atomic E-state index is 12.6. The molecule has 0 saturated carbocycles. The molecule has 6 heteroatoms. The van der Waals surface area contributed by atoms with Crippen LogP contribution < -0.4 is 10.2 Å². The molecule has 0 aliphatic carbocycles. The second-order valence-corrected chi connectivity index (χ2v) is 6.24. The minimum atomic E-state index is -0.445. The molecule has 1 aromatic carbocycles. The highest BCUT2D eigenvalue weighted by Crippen LogP contribution is 2.26. The molecule has 24 heavy (non-hydrogen) atoms. The Bertz CT molecular complexity index is 726. The van der Waals surface area contributed by atoms with Crippen LogP contribution in [-0.4, -0.2) is 33.4 Å². The Balaban J connectivity index is 1.59. The number of imidazole rings is 1. The second kappa shape index (κ2) is 6.86. The van der Waals surface area contributed by atoms with E-state index in [4.69, 9.17) is 0 Å². The average Bonchev–Trinajstić information content (AvgIpc) is 3.09. The molecule has 0 unspecified atom stereocenters. The number of para-hydroxylation sites is 1. The van der Waals surface area contributed by atoms with Crippen molar-refractivity contribution in [2.24, 2.45) is 7.05 Å². The Labute approximate surface area is 141 Å². The summed E-state index contributed by atoms with van der Waals surface area (Å²) < 4.78 is 1.90. The number of hydrogen-bond donors (Lipinski definition) is 1. The third kappa shape index (κ3) is 3.32. The van der Waals surface area contributed by atoms with Crippen molar-refractivity contribution in [3.63, 3.8) is 0 Å². The fourth-order valence-electron chi connectivity index (χ4n) is 3.16. The SMILES string of the molecule is C[C@@H]1C[C@H](NC(=O)CCc2cncn2C)C(=O)N1c1ccccc1. The molecule has 3 rings (SSSR count). The Morgan fingerprint density at radius 3 is 2.75 bits per heavy atom. The number of rotatable bonds is 5. The van der Waals surface area contributed by atoms with Crippen molar-refractivity contribution in [3.05, 3.63) is 48.5 Å². The lowest BCUT2D eigenvalue weighted by molar-refractivity contribution is -0.126. The number of hydrogen-bond acceptors (Lipinski definition) is 3. The van der Waals surface area contributed by atoms with Crippen LogP contribution in [0.5, 0.6) is 0 Å². The van der Waals surface area contributed by atoms with Crippen molar-refractivity contribution in [2.75, 3.05) is 4.90 Å². The molecule has 6 nitrogen and oxygen atoms in total. The van der Waals surface area contributed by atoms with Crippen molar-refractivity contribution in [3.8, 4) is 0 Å². The first-order valence-corrected chi connectivity index (χ1v) is 8.19. The predicted octanol–water partition coefficient (Wildman–Crippen LogP) is 1.66. The summed E-state index contributed by atoms with van der Waals surface area (Å²) in [4.78, 5) is 30.6. The molecule has 2 amide bonds. The van der Waals surface area contributed by atoms with Gasteiger partial charge in [-0.2, -0.15) is 0 Å². The summed E-state index contributed by atoms with van der Waals surface area (Å²) in [5.74, 6) is -0.140. The smallest absolute Gasteiger partial charge is 0.249 e. The highest BCUT2D eigenvalue weighted by molar-refractivity contribution is 6.01. The van der Waals surface area contributed by atoms with E-state index in [1.807, 2.05) is 48.9 Å². The zero-order valence-corrected chi connectivity index (χ0v) is 14.0. The summed E-state index contributed by atoms with van der Waals surface area (Å²) in [6.07, 6.45) is 5.07. The van der Waals surface area contributed by atoms with E-state index in [1.165, 1.54) is 0 Å². The third-order valence-electron chi connectivity index (χ3n) is 4.45. The van der Waals surface area contributed by atoms with Gasteiger partial charge in [0.05, 0.1) is 6.33 Å². The van der Waals surface area contributed by atoms with Crippen LogP contribution in [0.15, 0.2) is 42.9 Å². The Kier molecular flexibility index (Phi) is 4.64. The van der Waals surface area contributed by atoms with Gasteiger partial charge in [-0.3, -0.25) is 9.59 Å². The van der Waals surface area contributed by atoms with Gasteiger partial charge in [0, 0.05) is 37.1 Å². The van der Waals surface area contributed by atoms with Gasteiger partial charge >= 0.3 is 0 Å². The molecule has 1 N–H and O–H groups in total. The zero-order chi connectivity index (χ0) is 17.1. The van der Waals surface area contributed by atoms with E-state index in [9.17, 15) is 9.59 Å². The number of carbonyl (C=O) groups excluding carboxylic acids is 2. The molecule has 0 spiro atoms. The van der Waals surface area contributed by atoms with Gasteiger partial charge in [0.25, 0.3) is 0 Å². The van der Waals surface area contributed by atoms with Gasteiger partial charge < -0.3 is 14.8 Å². The molecule has 0 radical (unpaired) electrons. The molecular formula is C18H22N4O2. The maximum absolute atomic E-state index is 12.6. The molecule has 126 valence electrons. The molecule has 2 atom stereocenters. The van der Waals surface area contributed by atoms with Gasteiger partial charge in [-0.1, -0.05) is 18.2 Å². The standard InChI is InChI=1S/C18H22N4O2/c1-13-10-16(18(24)22(13)14-6-4-3-5-7-14)20-17(23)9-8-15-11-19-12-21(15)2/h3-7,11-13,16H,8-10H2,1-2H3,(H,20,23)/t13-,16+/m1/s1. The highest BCUT2D eigenvalue weighted by atomic mass is 16.2. The van der Waals surface area contributed by atoms with Crippen molar-refractivity contribution in [1.82, 2.24) is 14.9 Å². The fourth-order valence-corrected chi connectivity index (χ4v) is 3.16. The van der Waals surface area contributed by atoms with E-state index < -0.39 is 6.04 Å². The molecule has 1 aliphatic heterocycles. The lowest BCUT2D eigenvalue weighted by atomic mass is 10.1. The Morgan fingerprint density at radius 1 is 1.33 bits per heavy atom. The van der Waals surface area contributed by atoms with E-state index in [2.05, 4.69) is 10.3 Å². The molecule has 2 aromatic rings. The average molecular weight is 326 g/mol. The summed E-state index contributed by atoms with van der Waals surface area (Å²) in [5, 5.41) is 2.88. The summed E-state index contributed by atoms with van der Waals surface area (Å²) in [7, 11) is 1.90. The lowest BCUT2D eigenvalue weighted by Gasteiger charge is -2.21. The first-order chi connectivity index (χ1) is 11.6. The molecule has 1 aromatic heterocycles. The second-order valence-electron chi connectivity index (χ2n) is 6.24. The number of anilines is 1. The fraction of sp³-hybridized carbons (Fsp3) is 0.389. The van der Waals surface area contributed by atoms with E-state index in [-0.39, 0.29) is 17.9 Å². The van der Waals surface area contributed by atoms with Crippen LogP contribution in [0.1, 0.15) is 25.5 Å². The van der Waals surface area contributed by atoms with E-state index in [0.717, 1.165) is 11.4 Å². The lowest BCUT2D eigenvalue weighted by Crippen LogP contribution is -2.42. The van der Waals surface area contributed by atoms with Crippen molar-refractivity contribution >= 4 is 17.5 Å². The number of nitrogens with zero attached hydrogens (tertiary/aromatic N) is 3. The molecule has 1 fully saturated rings. The number of benzene rings is 1. The molecule has 0 bridgehead atoms. The number of carbonyl (C=O) groups is 2. The predicted molar refractivity (Wildman–Crippen MR) is 91.5 cm³/mol. The van der Waals surface area contributed by atoms with Crippen LogP contribution in [0.25, 0.3) is 0 Å². The van der Waals surface area contributed by atoms with E-state index in [1.54, 1.807) is 17.4 Å². The van der Waals surface area contributed by atoms with Gasteiger partial charge in [-0.05, 0) is 31.9 Å². The van der Waals surface area contributed by atoms with Crippen LogP contribution in [0.2, 0.25) is 0 Å². The highest BCUT2D eigenvalue weighted by Gasteiger charge is 2.38. The minimum absolute atomic E-state index is 0.0393. The van der Waals surface area contributed by atoms with E-state index in [0.29, 0.717) is 19.3 Å². The summed E-state index contributed by atoms with van der Waals surface area (Å²) in [6.45, 7) is 2.01. The summed E-state index contributed by atoms with van der Waals surface area (Å²) in [5.41, 5.74) is 1.88. The largest absolute Gasteiger partial charge is 0.344 e. The van der Waals surface area contributed by atoms with Gasteiger partial charge in [-0.25, -0.2) is 4.98 Å². The van der Waals surface area contributed by atoms with Crippen molar-refractivity contribution < 1.29 is 9.59 Å². The van der Waals surface area contributed by atoms with Crippen LogP contribution in [0.4, 0.5) is 5.69 Å². The minimum Gasteiger partial charge on any atom is -0.344 e. The Hall–Kier alpha value is -2.63. The monoisotopic (exact) mass is 326 g/mol. The number of aryl methyl sites for hydroxylation is 2. The van der Waals surface area contributed by atoms with Gasteiger partial charge in [0.15, 0.2) is 0 Å². The maximum Gasteiger partial charge on any atom is 0.249 e. The van der Waals surface area contributed by atoms with Crippen molar-refractivity contribution in [2.45, 2.75) is 38.3 Å². The summed E-state index contributed by atoms with van der Waals surface area (Å²) >= 11 is 0. The normalized spacial score (nSPS) is 20.4. The van der Waals surface area contributed by atoms with Crippen LogP contribution in [0, 0.1) is 0 Å². The van der Waals surface area contributed by atoms with Gasteiger partial charge in [0.2, 0.25) is 11.8 Å². The van der Waals surface area contributed by atoms with E-state index >= 15 is 0 Å². The van der Waals surface area contributed by atoms with Crippen LogP contribution in [-0.2, 0) is 23.1 Å².